The van der Waals surface area contributed by atoms with Crippen molar-refractivity contribution in [3.8, 4) is 5.75 Å². The van der Waals surface area contributed by atoms with Gasteiger partial charge in [-0.05, 0) is 55.7 Å². The van der Waals surface area contributed by atoms with Crippen LogP contribution >= 0.6 is 0 Å². The van der Waals surface area contributed by atoms with Gasteiger partial charge in [0.15, 0.2) is 0 Å². The Morgan fingerprint density at radius 2 is 1.84 bits per heavy atom. The van der Waals surface area contributed by atoms with Gasteiger partial charge in [-0.2, -0.15) is 0 Å². The highest BCUT2D eigenvalue weighted by Gasteiger charge is 2.25. The minimum Gasteiger partial charge on any atom is -0.496 e. The van der Waals surface area contributed by atoms with Crippen molar-refractivity contribution in [2.75, 3.05) is 11.8 Å². The van der Waals surface area contributed by atoms with Gasteiger partial charge in [0.05, 0.1) is 17.6 Å². The zero-order valence-electron chi connectivity index (χ0n) is 14.5. The van der Waals surface area contributed by atoms with Crippen LogP contribution < -0.4 is 9.46 Å². The fourth-order valence-electron chi connectivity index (χ4n) is 3.03. The fourth-order valence-corrected chi connectivity index (χ4v) is 4.61. The molecule has 0 saturated heterocycles. The number of benzene rings is 2. The summed E-state index contributed by atoms with van der Waals surface area (Å²) in [7, 11) is -2.26. The van der Waals surface area contributed by atoms with Crippen LogP contribution in [0.2, 0.25) is 0 Å². The second kappa shape index (κ2) is 6.07. The first-order chi connectivity index (χ1) is 11.7. The van der Waals surface area contributed by atoms with Gasteiger partial charge in [-0.3, -0.25) is 4.72 Å². The first-order valence-corrected chi connectivity index (χ1v) is 9.20. The Morgan fingerprint density at radius 3 is 2.52 bits per heavy atom. The number of rotatable bonds is 4. The van der Waals surface area contributed by atoms with E-state index in [0.29, 0.717) is 28.1 Å². The van der Waals surface area contributed by atoms with Gasteiger partial charge >= 0.3 is 5.97 Å². The lowest BCUT2D eigenvalue weighted by molar-refractivity contribution is 0.0535. The Morgan fingerprint density at radius 1 is 1.12 bits per heavy atom. The number of carbonyl (C=O) groups excluding carboxylic acids is 1. The first kappa shape index (κ1) is 17.3. The molecule has 0 saturated carbocycles. The summed E-state index contributed by atoms with van der Waals surface area (Å²) in [4.78, 5) is 11.9. The standard InChI is InChI=1S/C18H19NO5S/c1-10-7-16(23-4)11(2)12(3)17(10)25(21,22)19-14-6-5-13-9-24-18(20)15(13)8-14/h5-8,19H,9H2,1-4H3. The lowest BCUT2D eigenvalue weighted by atomic mass is 10.1. The largest absolute Gasteiger partial charge is 0.496 e. The molecule has 0 spiro atoms. The summed E-state index contributed by atoms with van der Waals surface area (Å²) in [6.07, 6.45) is 0. The topological polar surface area (TPSA) is 81.7 Å². The highest BCUT2D eigenvalue weighted by atomic mass is 32.2. The number of sulfonamides is 1. The van der Waals surface area contributed by atoms with Crippen LogP contribution in [0.1, 0.15) is 32.6 Å². The highest BCUT2D eigenvalue weighted by molar-refractivity contribution is 7.92. The highest BCUT2D eigenvalue weighted by Crippen LogP contribution is 2.32. The third-order valence-corrected chi connectivity index (χ3v) is 6.08. The number of methoxy groups -OCH3 is 1. The van der Waals surface area contributed by atoms with Gasteiger partial charge in [-0.1, -0.05) is 6.07 Å². The molecule has 0 bridgehead atoms. The summed E-state index contributed by atoms with van der Waals surface area (Å²) in [6, 6.07) is 6.52. The van der Waals surface area contributed by atoms with Gasteiger partial charge < -0.3 is 9.47 Å². The van der Waals surface area contributed by atoms with Gasteiger partial charge in [0.25, 0.3) is 10.0 Å². The predicted molar refractivity (Wildman–Crippen MR) is 93.6 cm³/mol. The quantitative estimate of drug-likeness (QED) is 0.846. The zero-order chi connectivity index (χ0) is 18.4. The molecule has 0 unspecified atom stereocenters. The molecule has 1 aliphatic rings. The average molecular weight is 361 g/mol. The van der Waals surface area contributed by atoms with Crippen molar-refractivity contribution in [2.45, 2.75) is 32.3 Å². The van der Waals surface area contributed by atoms with Crippen LogP contribution in [-0.4, -0.2) is 21.5 Å². The molecule has 1 N–H and O–H groups in total. The molecular formula is C18H19NO5S. The Kier molecular flexibility index (Phi) is 4.20. The summed E-state index contributed by atoms with van der Waals surface area (Å²) in [5.74, 6) is 0.206. The molecule has 2 aromatic carbocycles. The lowest BCUT2D eigenvalue weighted by Crippen LogP contribution is -2.17. The van der Waals surface area contributed by atoms with E-state index < -0.39 is 16.0 Å². The number of esters is 1. The van der Waals surface area contributed by atoms with Crippen molar-refractivity contribution in [3.05, 3.63) is 52.1 Å². The van der Waals surface area contributed by atoms with Crippen LogP contribution in [0, 0.1) is 20.8 Å². The molecule has 1 aliphatic heterocycles. The van der Waals surface area contributed by atoms with Crippen molar-refractivity contribution in [1.29, 1.82) is 0 Å². The molecule has 0 aromatic heterocycles. The van der Waals surface area contributed by atoms with E-state index in [0.717, 1.165) is 11.1 Å². The molecule has 7 heteroatoms. The lowest BCUT2D eigenvalue weighted by Gasteiger charge is -2.17. The Bertz CT molecular complexity index is 979. The third kappa shape index (κ3) is 2.95. The Hall–Kier alpha value is -2.54. The molecular weight excluding hydrogens is 342 g/mol. The summed E-state index contributed by atoms with van der Waals surface area (Å²) < 4.78 is 38.6. The van der Waals surface area contributed by atoms with Crippen molar-refractivity contribution >= 4 is 21.7 Å². The number of hydrogen-bond acceptors (Lipinski definition) is 5. The Labute approximate surface area is 146 Å². The van der Waals surface area contributed by atoms with E-state index in [9.17, 15) is 13.2 Å². The molecule has 6 nitrogen and oxygen atoms in total. The van der Waals surface area contributed by atoms with E-state index >= 15 is 0 Å². The molecule has 0 atom stereocenters. The SMILES string of the molecule is COc1cc(C)c(S(=O)(=O)Nc2ccc3c(c2)C(=O)OC3)c(C)c1C. The maximum atomic E-state index is 12.9. The molecule has 0 radical (unpaired) electrons. The molecule has 2 aromatic rings. The molecule has 132 valence electrons. The zero-order valence-corrected chi connectivity index (χ0v) is 15.3. The van der Waals surface area contributed by atoms with Crippen LogP contribution in [0.5, 0.6) is 5.75 Å². The normalized spacial score (nSPS) is 13.4. The van der Waals surface area contributed by atoms with Crippen LogP contribution in [0.15, 0.2) is 29.2 Å². The molecule has 3 rings (SSSR count). The number of aryl methyl sites for hydroxylation is 1. The van der Waals surface area contributed by atoms with Gasteiger partial charge in [0.2, 0.25) is 0 Å². The maximum absolute atomic E-state index is 12.9. The number of anilines is 1. The van der Waals surface area contributed by atoms with Crippen LogP contribution in [-0.2, 0) is 21.4 Å². The first-order valence-electron chi connectivity index (χ1n) is 7.72. The van der Waals surface area contributed by atoms with E-state index in [1.807, 2.05) is 6.92 Å². The van der Waals surface area contributed by atoms with Gasteiger partial charge in [-0.15, -0.1) is 0 Å². The van der Waals surface area contributed by atoms with Crippen LogP contribution in [0.4, 0.5) is 5.69 Å². The summed E-state index contributed by atoms with van der Waals surface area (Å²) >= 11 is 0. The fraction of sp³-hybridized carbons (Fsp3) is 0.278. The molecule has 0 aliphatic carbocycles. The molecule has 0 amide bonds. The predicted octanol–water partition coefficient (Wildman–Crippen LogP) is 3.09. The number of cyclic esters (lactones) is 1. The van der Waals surface area contributed by atoms with Gasteiger partial charge in [-0.25, -0.2) is 13.2 Å². The Balaban J connectivity index is 2.03. The van der Waals surface area contributed by atoms with Gasteiger partial charge in [0.1, 0.15) is 12.4 Å². The number of ether oxygens (including phenoxy) is 2. The minimum absolute atomic E-state index is 0.217. The van der Waals surface area contributed by atoms with Crippen molar-refractivity contribution in [3.63, 3.8) is 0 Å². The van der Waals surface area contributed by atoms with Crippen molar-refractivity contribution in [1.82, 2.24) is 0 Å². The number of fused-ring (bicyclic) bond motifs is 1. The number of carbonyl (C=O) groups is 1. The van der Waals surface area contributed by atoms with E-state index in [1.165, 1.54) is 6.07 Å². The maximum Gasteiger partial charge on any atom is 0.338 e. The van der Waals surface area contributed by atoms with E-state index in [-0.39, 0.29) is 11.5 Å². The van der Waals surface area contributed by atoms with Crippen molar-refractivity contribution in [2.24, 2.45) is 0 Å². The minimum atomic E-state index is -3.81. The summed E-state index contributed by atoms with van der Waals surface area (Å²) in [5.41, 5.74) is 3.45. The van der Waals surface area contributed by atoms with Gasteiger partial charge in [0, 0.05) is 11.3 Å². The second-order valence-electron chi connectivity index (χ2n) is 6.03. The average Bonchev–Trinajstić information content (AvgIpc) is 2.91. The van der Waals surface area contributed by atoms with E-state index in [2.05, 4.69) is 4.72 Å². The molecule has 1 heterocycles. The number of nitrogens with one attached hydrogen (secondary N) is 1. The number of hydrogen-bond donors (Lipinski definition) is 1. The van der Waals surface area contributed by atoms with Crippen LogP contribution in [0.3, 0.4) is 0 Å². The van der Waals surface area contributed by atoms with Crippen LogP contribution in [0.25, 0.3) is 0 Å². The summed E-state index contributed by atoms with van der Waals surface area (Å²) in [5, 5.41) is 0. The third-order valence-electron chi connectivity index (χ3n) is 4.41. The van der Waals surface area contributed by atoms with E-state index in [1.54, 1.807) is 39.2 Å². The molecule has 0 fully saturated rings. The van der Waals surface area contributed by atoms with Crippen molar-refractivity contribution < 1.29 is 22.7 Å². The smallest absolute Gasteiger partial charge is 0.338 e. The van der Waals surface area contributed by atoms with E-state index in [4.69, 9.17) is 9.47 Å². The second-order valence-corrected chi connectivity index (χ2v) is 7.65. The summed E-state index contributed by atoms with van der Waals surface area (Å²) in [6.45, 7) is 5.51. The molecule has 25 heavy (non-hydrogen) atoms. The monoisotopic (exact) mass is 361 g/mol.